The van der Waals surface area contributed by atoms with Crippen molar-refractivity contribution in [2.24, 2.45) is 0 Å². The molecule has 1 N–H and O–H groups in total. The number of ether oxygens (including phenoxy) is 1. The van der Waals surface area contributed by atoms with E-state index in [1.54, 1.807) is 13.2 Å². The number of rotatable bonds is 1. The maximum absolute atomic E-state index is 9.93. The Morgan fingerprint density at radius 1 is 1.40 bits per heavy atom. The fraction of sp³-hybridized carbons (Fsp3) is 0.412. The molecule has 20 heavy (non-hydrogen) atoms. The highest BCUT2D eigenvalue weighted by atomic mass is 16.5. The lowest BCUT2D eigenvalue weighted by Crippen LogP contribution is -2.51. The summed E-state index contributed by atoms with van der Waals surface area (Å²) in [5.74, 6) is 0.356. The summed E-state index contributed by atoms with van der Waals surface area (Å²) < 4.78 is 5.59. The SMILES string of the molecule is COC1C=CC2=CCN3CCc4ccc(O)cc4C23C1. The Hall–Kier alpha value is -1.58. The molecule has 3 aliphatic rings. The summed E-state index contributed by atoms with van der Waals surface area (Å²) in [6.45, 7) is 2.06. The van der Waals surface area contributed by atoms with E-state index in [2.05, 4.69) is 29.2 Å². The van der Waals surface area contributed by atoms with Crippen molar-refractivity contribution in [1.82, 2.24) is 4.90 Å². The van der Waals surface area contributed by atoms with Crippen molar-refractivity contribution in [3.05, 3.63) is 53.1 Å². The van der Waals surface area contributed by atoms with Gasteiger partial charge in [-0.25, -0.2) is 0 Å². The Kier molecular flexibility index (Phi) is 2.56. The third kappa shape index (κ3) is 1.48. The van der Waals surface area contributed by atoms with E-state index in [1.165, 1.54) is 16.7 Å². The number of benzene rings is 1. The van der Waals surface area contributed by atoms with Gasteiger partial charge in [0, 0.05) is 26.6 Å². The highest BCUT2D eigenvalue weighted by molar-refractivity contribution is 5.53. The largest absolute Gasteiger partial charge is 0.508 e. The van der Waals surface area contributed by atoms with Gasteiger partial charge in [0.2, 0.25) is 0 Å². The first kappa shape index (κ1) is 12.2. The summed E-state index contributed by atoms with van der Waals surface area (Å²) in [5.41, 5.74) is 3.88. The van der Waals surface area contributed by atoms with Crippen LogP contribution in [0.2, 0.25) is 0 Å². The fourth-order valence-electron chi connectivity index (χ4n) is 4.04. The third-order valence-electron chi connectivity index (χ3n) is 5.03. The van der Waals surface area contributed by atoms with Crippen LogP contribution in [0.5, 0.6) is 5.75 Å². The standard InChI is InChI=1S/C17H19NO2/c1-20-15-5-3-13-7-9-18-8-6-12-2-4-14(19)10-16(12)17(13,18)11-15/h2-5,7,10,15,19H,6,8-9,11H2,1H3. The topological polar surface area (TPSA) is 32.7 Å². The highest BCUT2D eigenvalue weighted by Gasteiger charge is 2.49. The molecule has 0 bridgehead atoms. The second kappa shape index (κ2) is 4.21. The van der Waals surface area contributed by atoms with Crippen molar-refractivity contribution in [2.45, 2.75) is 24.5 Å². The second-order valence-electron chi connectivity index (χ2n) is 5.89. The van der Waals surface area contributed by atoms with Gasteiger partial charge in [-0.05, 0) is 35.3 Å². The predicted octanol–water partition coefficient (Wildman–Crippen LogP) is 2.36. The number of phenolic OH excluding ortho intramolecular Hbond substituents is 1. The van der Waals surface area contributed by atoms with Crippen LogP contribution in [0, 0.1) is 0 Å². The first-order valence-electron chi connectivity index (χ1n) is 7.23. The lowest BCUT2D eigenvalue weighted by Gasteiger charge is -2.48. The van der Waals surface area contributed by atoms with Crippen LogP contribution >= 0.6 is 0 Å². The number of hydrogen-bond acceptors (Lipinski definition) is 3. The van der Waals surface area contributed by atoms with E-state index in [1.807, 2.05) is 6.07 Å². The molecule has 1 aliphatic carbocycles. The van der Waals surface area contributed by atoms with Gasteiger partial charge in [-0.1, -0.05) is 24.3 Å². The maximum Gasteiger partial charge on any atom is 0.115 e. The summed E-state index contributed by atoms with van der Waals surface area (Å²) >= 11 is 0. The molecule has 1 spiro atoms. The van der Waals surface area contributed by atoms with Crippen LogP contribution in [-0.4, -0.2) is 36.3 Å². The zero-order valence-electron chi connectivity index (χ0n) is 11.7. The van der Waals surface area contributed by atoms with Gasteiger partial charge < -0.3 is 9.84 Å². The number of phenols is 1. The van der Waals surface area contributed by atoms with E-state index in [0.29, 0.717) is 5.75 Å². The van der Waals surface area contributed by atoms with E-state index in [0.717, 1.165) is 25.9 Å². The maximum atomic E-state index is 9.93. The van der Waals surface area contributed by atoms with Gasteiger partial charge in [0.15, 0.2) is 0 Å². The predicted molar refractivity (Wildman–Crippen MR) is 77.7 cm³/mol. The van der Waals surface area contributed by atoms with Crippen molar-refractivity contribution in [3.63, 3.8) is 0 Å². The van der Waals surface area contributed by atoms with Crippen molar-refractivity contribution >= 4 is 0 Å². The molecule has 3 nitrogen and oxygen atoms in total. The van der Waals surface area contributed by atoms with Gasteiger partial charge in [0.25, 0.3) is 0 Å². The summed E-state index contributed by atoms with van der Waals surface area (Å²) in [4.78, 5) is 2.53. The number of aromatic hydroxyl groups is 1. The molecule has 2 atom stereocenters. The Morgan fingerprint density at radius 3 is 3.15 bits per heavy atom. The van der Waals surface area contributed by atoms with Gasteiger partial charge in [-0.15, -0.1) is 0 Å². The quantitative estimate of drug-likeness (QED) is 0.849. The third-order valence-corrected chi connectivity index (χ3v) is 5.03. The van der Waals surface area contributed by atoms with Gasteiger partial charge in [0.1, 0.15) is 5.75 Å². The van der Waals surface area contributed by atoms with Gasteiger partial charge >= 0.3 is 0 Å². The molecule has 1 aromatic rings. The van der Waals surface area contributed by atoms with Gasteiger partial charge in [-0.2, -0.15) is 0 Å². The molecular weight excluding hydrogens is 250 g/mol. The van der Waals surface area contributed by atoms with Gasteiger partial charge in [-0.3, -0.25) is 4.90 Å². The van der Waals surface area contributed by atoms with Crippen molar-refractivity contribution < 1.29 is 9.84 Å². The van der Waals surface area contributed by atoms with Crippen molar-refractivity contribution in [3.8, 4) is 5.75 Å². The Bertz CT molecular complexity index is 619. The van der Waals surface area contributed by atoms with E-state index in [4.69, 9.17) is 4.74 Å². The Balaban J connectivity index is 1.92. The van der Waals surface area contributed by atoms with Gasteiger partial charge in [0.05, 0.1) is 11.6 Å². The number of hydrogen-bond donors (Lipinski definition) is 1. The minimum atomic E-state index is -0.0955. The van der Waals surface area contributed by atoms with Crippen molar-refractivity contribution in [2.75, 3.05) is 20.2 Å². The average Bonchev–Trinajstić information content (AvgIpc) is 2.86. The van der Waals surface area contributed by atoms with Crippen LogP contribution in [0.3, 0.4) is 0 Å². The van der Waals surface area contributed by atoms with Crippen molar-refractivity contribution in [1.29, 1.82) is 0 Å². The Morgan fingerprint density at radius 2 is 2.30 bits per heavy atom. The van der Waals surface area contributed by atoms with Crippen LogP contribution in [0.15, 0.2) is 42.0 Å². The minimum Gasteiger partial charge on any atom is -0.508 e. The van der Waals surface area contributed by atoms with Crippen LogP contribution in [0.1, 0.15) is 17.5 Å². The number of methoxy groups -OCH3 is 1. The lowest BCUT2D eigenvalue weighted by molar-refractivity contribution is 0.0514. The number of nitrogens with zero attached hydrogens (tertiary/aromatic N) is 1. The lowest BCUT2D eigenvalue weighted by atomic mass is 9.71. The van der Waals surface area contributed by atoms with Crippen LogP contribution in [0.25, 0.3) is 0 Å². The zero-order valence-corrected chi connectivity index (χ0v) is 11.7. The molecule has 4 rings (SSSR count). The Labute approximate surface area is 119 Å². The molecule has 0 fully saturated rings. The molecule has 2 unspecified atom stereocenters. The molecule has 0 amide bonds. The number of fused-ring (bicyclic) bond motifs is 1. The summed E-state index contributed by atoms with van der Waals surface area (Å²) in [6, 6.07) is 5.83. The molecule has 0 radical (unpaired) electrons. The minimum absolute atomic E-state index is 0.0955. The molecule has 2 heterocycles. The van der Waals surface area contributed by atoms with Crippen LogP contribution in [0.4, 0.5) is 0 Å². The molecular formula is C17H19NO2. The molecule has 1 aromatic carbocycles. The summed E-state index contributed by atoms with van der Waals surface area (Å²) in [5, 5.41) is 9.93. The molecule has 0 saturated heterocycles. The highest BCUT2D eigenvalue weighted by Crippen LogP contribution is 2.51. The van der Waals surface area contributed by atoms with E-state index in [9.17, 15) is 5.11 Å². The van der Waals surface area contributed by atoms with Crippen LogP contribution < -0.4 is 0 Å². The summed E-state index contributed by atoms with van der Waals surface area (Å²) in [6.07, 6.45) is 8.80. The second-order valence-corrected chi connectivity index (χ2v) is 5.89. The fourth-order valence-corrected chi connectivity index (χ4v) is 4.04. The zero-order chi connectivity index (χ0) is 13.7. The molecule has 104 valence electrons. The molecule has 3 heteroatoms. The smallest absolute Gasteiger partial charge is 0.115 e. The normalized spacial score (nSPS) is 31.4. The van der Waals surface area contributed by atoms with E-state index < -0.39 is 0 Å². The first-order chi connectivity index (χ1) is 9.74. The average molecular weight is 269 g/mol. The summed E-state index contributed by atoms with van der Waals surface area (Å²) in [7, 11) is 1.77. The molecule has 0 saturated carbocycles. The van der Waals surface area contributed by atoms with E-state index >= 15 is 0 Å². The monoisotopic (exact) mass is 269 g/mol. The first-order valence-corrected chi connectivity index (χ1v) is 7.23. The molecule has 2 aliphatic heterocycles. The van der Waals surface area contributed by atoms with E-state index in [-0.39, 0.29) is 11.6 Å². The van der Waals surface area contributed by atoms with Crippen LogP contribution in [-0.2, 0) is 16.7 Å². The molecule has 0 aromatic heterocycles.